The van der Waals surface area contributed by atoms with E-state index in [9.17, 15) is 8.42 Å². The number of benzene rings is 4. The van der Waals surface area contributed by atoms with Crippen molar-refractivity contribution in [3.05, 3.63) is 118 Å². The molecule has 0 heterocycles. The van der Waals surface area contributed by atoms with Crippen LogP contribution in [0.5, 0.6) is 0 Å². The summed E-state index contributed by atoms with van der Waals surface area (Å²) in [6, 6.07) is 33.9. The molecule has 0 N–H and O–H groups in total. The third-order valence-electron chi connectivity index (χ3n) is 4.80. The molecule has 0 unspecified atom stereocenters. The number of halogens is 1. The molecule has 0 bridgehead atoms. The van der Waals surface area contributed by atoms with Crippen molar-refractivity contribution in [3.8, 4) is 0 Å². The molecular weight excluding hydrogens is 539 g/mol. The van der Waals surface area contributed by atoms with Gasteiger partial charge in [-0.25, -0.2) is 3.63 Å². The number of aryl methyl sites for hydroxylation is 1. The van der Waals surface area contributed by atoms with Gasteiger partial charge in [0, 0.05) is 18.3 Å². The second kappa shape index (κ2) is 9.16. The molecule has 4 aromatic rings. The summed E-state index contributed by atoms with van der Waals surface area (Å²) < 4.78 is 34.5. The standard InChI is InChI=1S/C25H21IO3S2/c1-20-12-16-25(17-13-20)31(27,28)29-30(22-8-4-2-5-9-22,23-10-6-3-7-11-23)24-18-14-21(26)15-19-24/h2-19H,1H3. The molecule has 0 spiro atoms. The van der Waals surface area contributed by atoms with Crippen molar-refractivity contribution in [1.82, 2.24) is 0 Å². The monoisotopic (exact) mass is 560 g/mol. The quantitative estimate of drug-likeness (QED) is 0.234. The van der Waals surface area contributed by atoms with Gasteiger partial charge in [0.05, 0.1) is 4.90 Å². The molecule has 158 valence electrons. The van der Waals surface area contributed by atoms with Crippen LogP contribution in [0, 0.1) is 10.5 Å². The first-order valence-electron chi connectivity index (χ1n) is 9.64. The van der Waals surface area contributed by atoms with Gasteiger partial charge in [-0.05, 0) is 100 Å². The average molecular weight is 560 g/mol. The molecule has 0 aliphatic rings. The van der Waals surface area contributed by atoms with Crippen LogP contribution in [-0.4, -0.2) is 8.42 Å². The Kier molecular flexibility index (Phi) is 6.52. The molecule has 4 aromatic carbocycles. The van der Waals surface area contributed by atoms with E-state index in [1.165, 1.54) is 0 Å². The third-order valence-corrected chi connectivity index (χ3v) is 10.7. The van der Waals surface area contributed by atoms with E-state index in [4.69, 9.17) is 3.63 Å². The second-order valence-electron chi connectivity index (χ2n) is 6.97. The Balaban J connectivity index is 2.00. The number of rotatable bonds is 6. The zero-order chi connectivity index (χ0) is 21.9. The molecule has 0 fully saturated rings. The van der Waals surface area contributed by atoms with Crippen LogP contribution in [0.2, 0.25) is 0 Å². The highest BCUT2D eigenvalue weighted by Gasteiger charge is 2.38. The van der Waals surface area contributed by atoms with Crippen LogP contribution < -0.4 is 0 Å². The van der Waals surface area contributed by atoms with Crippen molar-refractivity contribution in [3.63, 3.8) is 0 Å². The highest BCUT2D eigenvalue weighted by molar-refractivity contribution is 14.1. The summed E-state index contributed by atoms with van der Waals surface area (Å²) in [5, 5.41) is 0. The number of hydrogen-bond acceptors (Lipinski definition) is 3. The highest BCUT2D eigenvalue weighted by atomic mass is 127. The molecule has 0 amide bonds. The Morgan fingerprint density at radius 3 is 1.48 bits per heavy atom. The molecule has 0 saturated heterocycles. The van der Waals surface area contributed by atoms with E-state index in [-0.39, 0.29) is 4.90 Å². The normalized spacial score (nSPS) is 12.5. The lowest BCUT2D eigenvalue weighted by Crippen LogP contribution is -2.14. The van der Waals surface area contributed by atoms with Gasteiger partial charge in [0.15, 0.2) is 0 Å². The summed E-state index contributed by atoms with van der Waals surface area (Å²) in [5.74, 6) is 0. The molecule has 4 rings (SSSR count). The van der Waals surface area contributed by atoms with Gasteiger partial charge in [-0.15, -0.1) is 0 Å². The average Bonchev–Trinajstić information content (AvgIpc) is 2.79. The largest absolute Gasteiger partial charge is 0.307 e. The van der Waals surface area contributed by atoms with Crippen molar-refractivity contribution in [2.75, 3.05) is 0 Å². The van der Waals surface area contributed by atoms with Crippen LogP contribution in [0.1, 0.15) is 5.56 Å². The van der Waals surface area contributed by atoms with Crippen molar-refractivity contribution in [2.24, 2.45) is 0 Å². The maximum atomic E-state index is 13.5. The molecule has 0 aliphatic carbocycles. The van der Waals surface area contributed by atoms with E-state index in [0.29, 0.717) is 0 Å². The smallest absolute Gasteiger partial charge is 0.203 e. The lowest BCUT2D eigenvalue weighted by molar-refractivity contribution is 0.508. The summed E-state index contributed by atoms with van der Waals surface area (Å²) in [4.78, 5) is 2.60. The summed E-state index contributed by atoms with van der Waals surface area (Å²) in [7, 11) is -6.61. The van der Waals surface area contributed by atoms with Crippen LogP contribution in [0.15, 0.2) is 129 Å². The lowest BCUT2D eigenvalue weighted by atomic mass is 10.2. The Labute approximate surface area is 198 Å². The first-order valence-corrected chi connectivity index (χ1v) is 13.7. The van der Waals surface area contributed by atoms with Crippen LogP contribution >= 0.6 is 32.9 Å². The van der Waals surface area contributed by atoms with Crippen LogP contribution in [-0.2, 0) is 13.7 Å². The predicted octanol–water partition coefficient (Wildman–Crippen LogP) is 7.20. The van der Waals surface area contributed by atoms with Crippen molar-refractivity contribution < 1.29 is 12.0 Å². The van der Waals surface area contributed by atoms with Crippen molar-refractivity contribution >= 4 is 43.0 Å². The van der Waals surface area contributed by atoms with E-state index < -0.39 is 20.4 Å². The molecule has 0 aliphatic heterocycles. The molecule has 31 heavy (non-hydrogen) atoms. The Morgan fingerprint density at radius 1 is 0.581 bits per heavy atom. The van der Waals surface area contributed by atoms with Gasteiger partial charge in [0.25, 0.3) is 0 Å². The summed E-state index contributed by atoms with van der Waals surface area (Å²) in [6.45, 7) is 1.92. The lowest BCUT2D eigenvalue weighted by Gasteiger charge is -2.39. The highest BCUT2D eigenvalue weighted by Crippen LogP contribution is 2.70. The predicted molar refractivity (Wildman–Crippen MR) is 134 cm³/mol. The molecule has 0 radical (unpaired) electrons. The summed E-state index contributed by atoms with van der Waals surface area (Å²) >= 11 is 2.24. The second-order valence-corrected chi connectivity index (χ2v) is 12.7. The molecule has 6 heteroatoms. The van der Waals surface area contributed by atoms with E-state index >= 15 is 0 Å². The molecule has 3 nitrogen and oxygen atoms in total. The first kappa shape index (κ1) is 22.1. The maximum absolute atomic E-state index is 13.5. The van der Waals surface area contributed by atoms with E-state index in [1.54, 1.807) is 24.3 Å². The molecule has 0 saturated carbocycles. The van der Waals surface area contributed by atoms with Gasteiger partial charge >= 0.3 is 10.1 Å². The van der Waals surface area contributed by atoms with Gasteiger partial charge in [-0.3, -0.25) is 0 Å². The Hall–Kier alpha value is -2.13. The van der Waals surface area contributed by atoms with Gasteiger partial charge in [-0.1, -0.05) is 54.1 Å². The molecule has 0 aromatic heterocycles. The van der Waals surface area contributed by atoms with E-state index in [2.05, 4.69) is 22.6 Å². The first-order chi connectivity index (χ1) is 14.9. The molecular formula is C25H21IO3S2. The number of hydrogen-bond donors (Lipinski definition) is 0. The Bertz CT molecular complexity index is 1220. The third kappa shape index (κ3) is 4.57. The van der Waals surface area contributed by atoms with Gasteiger partial charge in [-0.2, -0.15) is 8.42 Å². The fraction of sp³-hybridized carbons (Fsp3) is 0.0400. The molecule has 0 atom stereocenters. The van der Waals surface area contributed by atoms with Crippen LogP contribution in [0.3, 0.4) is 0 Å². The maximum Gasteiger partial charge on any atom is 0.307 e. The summed E-state index contributed by atoms with van der Waals surface area (Å²) in [5.41, 5.74) is 0.987. The minimum absolute atomic E-state index is 0.146. The van der Waals surface area contributed by atoms with Gasteiger partial charge in [0.1, 0.15) is 0 Å². The fourth-order valence-corrected chi connectivity index (χ4v) is 8.83. The minimum atomic E-state index is -4.05. The van der Waals surface area contributed by atoms with Crippen LogP contribution in [0.25, 0.3) is 0 Å². The zero-order valence-corrected chi connectivity index (χ0v) is 20.6. The van der Waals surface area contributed by atoms with Crippen LogP contribution in [0.4, 0.5) is 0 Å². The van der Waals surface area contributed by atoms with Gasteiger partial charge < -0.3 is 0 Å². The van der Waals surface area contributed by atoms with Crippen molar-refractivity contribution in [2.45, 2.75) is 26.5 Å². The topological polar surface area (TPSA) is 43.4 Å². The fourth-order valence-electron chi connectivity index (χ4n) is 3.26. The van der Waals surface area contributed by atoms with E-state index in [1.807, 2.05) is 91.9 Å². The minimum Gasteiger partial charge on any atom is -0.203 e. The van der Waals surface area contributed by atoms with Gasteiger partial charge in [0.2, 0.25) is 0 Å². The Morgan fingerprint density at radius 2 is 1.00 bits per heavy atom. The zero-order valence-electron chi connectivity index (χ0n) is 16.8. The van der Waals surface area contributed by atoms with Crippen molar-refractivity contribution in [1.29, 1.82) is 0 Å². The summed E-state index contributed by atoms with van der Waals surface area (Å²) in [6.07, 6.45) is 0. The SMILES string of the molecule is Cc1ccc(S(=O)(=O)OS(c2ccccc2)(c2ccccc2)c2ccc(I)cc2)cc1. The van der Waals surface area contributed by atoms with E-state index in [0.717, 1.165) is 23.8 Å².